The molecule has 0 aliphatic carbocycles. The van der Waals surface area contributed by atoms with Crippen LogP contribution in [-0.2, 0) is 20.2 Å². The number of alkyl halides is 6. The molecular weight excluding hydrogens is 362 g/mol. The van der Waals surface area contributed by atoms with Gasteiger partial charge < -0.3 is 4.98 Å². The molecule has 126 valence electrons. The summed E-state index contributed by atoms with van der Waals surface area (Å²) in [7, 11) is -11.7. The van der Waals surface area contributed by atoms with E-state index in [9.17, 15) is 26.3 Å². The predicted molar refractivity (Wildman–Crippen MR) is 53.8 cm³/mol. The van der Waals surface area contributed by atoms with Crippen molar-refractivity contribution in [2.45, 2.75) is 11.0 Å². The van der Waals surface area contributed by atoms with Crippen LogP contribution < -0.4 is 0 Å². The maximum atomic E-state index is 10.7. The summed E-state index contributed by atoms with van der Waals surface area (Å²) in [5, 5.41) is 0. The molecule has 0 unspecified atom stereocenters. The van der Waals surface area contributed by atoms with Gasteiger partial charge in [-0.25, -0.2) is 4.98 Å². The molecule has 1 aromatic rings. The Hall–Kier alpha value is -1.39. The molecule has 1 rings (SSSR count). The number of aromatic amines is 1. The first-order chi connectivity index (χ1) is 9.00. The summed E-state index contributed by atoms with van der Waals surface area (Å²) >= 11 is 0. The van der Waals surface area contributed by atoms with Gasteiger partial charge in [-0.1, -0.05) is 0 Å². The Balaban J connectivity index is 0. The fourth-order valence-corrected chi connectivity index (χ4v) is 0.215. The Bertz CT molecular complexity index is 529. The lowest BCUT2D eigenvalue weighted by Crippen LogP contribution is -2.21. The fourth-order valence-electron chi connectivity index (χ4n) is 0.215. The van der Waals surface area contributed by atoms with Crippen molar-refractivity contribution in [1.82, 2.24) is 9.97 Å². The van der Waals surface area contributed by atoms with Gasteiger partial charge in [0.05, 0.1) is 6.33 Å². The van der Waals surface area contributed by atoms with Crippen molar-refractivity contribution in [1.29, 1.82) is 0 Å². The number of halogens is 6. The number of H-pyrrole nitrogens is 1. The average molecular weight is 368 g/mol. The summed E-state index contributed by atoms with van der Waals surface area (Å²) in [6.45, 7) is 0. The first-order valence-electron chi connectivity index (χ1n) is 4.00. The second-order valence-corrected chi connectivity index (χ2v) is 5.43. The third kappa shape index (κ3) is 11.0. The summed E-state index contributed by atoms with van der Waals surface area (Å²) in [6.07, 6.45) is 5.08. The highest BCUT2D eigenvalue weighted by Gasteiger charge is 2.45. The molecule has 0 bridgehead atoms. The van der Waals surface area contributed by atoms with Crippen LogP contribution in [0, 0.1) is 0 Å². The van der Waals surface area contributed by atoms with Crippen LogP contribution in [0.1, 0.15) is 0 Å². The van der Waals surface area contributed by atoms with Crippen molar-refractivity contribution in [3.05, 3.63) is 18.7 Å². The molecule has 8 nitrogen and oxygen atoms in total. The zero-order valence-corrected chi connectivity index (χ0v) is 10.9. The van der Waals surface area contributed by atoms with Crippen LogP contribution in [0.2, 0.25) is 0 Å². The number of hydrogen-bond acceptors (Lipinski definition) is 5. The second-order valence-electron chi connectivity index (χ2n) is 2.60. The second kappa shape index (κ2) is 7.57. The Morgan fingerprint density at radius 1 is 0.857 bits per heavy atom. The van der Waals surface area contributed by atoms with Gasteiger partial charge in [0.2, 0.25) is 0 Å². The molecule has 21 heavy (non-hydrogen) atoms. The third-order valence-corrected chi connectivity index (χ3v) is 2.16. The van der Waals surface area contributed by atoms with Crippen molar-refractivity contribution in [2.24, 2.45) is 0 Å². The molecular formula is C5H6F6N2O6S2. The molecule has 0 aromatic carbocycles. The van der Waals surface area contributed by atoms with Crippen LogP contribution in [0.15, 0.2) is 18.7 Å². The van der Waals surface area contributed by atoms with Crippen molar-refractivity contribution in [2.75, 3.05) is 0 Å². The van der Waals surface area contributed by atoms with Crippen LogP contribution >= 0.6 is 0 Å². The van der Waals surface area contributed by atoms with Gasteiger partial charge in [0.1, 0.15) is 0 Å². The van der Waals surface area contributed by atoms with E-state index in [4.69, 9.17) is 25.9 Å². The van der Waals surface area contributed by atoms with Crippen LogP contribution in [0.25, 0.3) is 0 Å². The highest BCUT2D eigenvalue weighted by molar-refractivity contribution is 7.86. The van der Waals surface area contributed by atoms with E-state index in [1.165, 1.54) is 0 Å². The summed E-state index contributed by atoms with van der Waals surface area (Å²) in [4.78, 5) is 6.42. The molecule has 0 spiro atoms. The Morgan fingerprint density at radius 2 is 1.14 bits per heavy atom. The van der Waals surface area contributed by atoms with Gasteiger partial charge in [-0.05, 0) is 0 Å². The zero-order valence-electron chi connectivity index (χ0n) is 9.29. The zero-order chi connectivity index (χ0) is 17.5. The summed E-state index contributed by atoms with van der Waals surface area (Å²) in [5.74, 6) is 0. The quantitative estimate of drug-likeness (QED) is 0.355. The van der Waals surface area contributed by atoms with E-state index in [1.807, 2.05) is 0 Å². The van der Waals surface area contributed by atoms with Gasteiger partial charge in [-0.2, -0.15) is 43.2 Å². The van der Waals surface area contributed by atoms with E-state index < -0.39 is 31.3 Å². The van der Waals surface area contributed by atoms with E-state index >= 15 is 0 Å². The number of aromatic nitrogens is 2. The smallest absolute Gasteiger partial charge is 0.351 e. The van der Waals surface area contributed by atoms with Gasteiger partial charge in [0, 0.05) is 12.4 Å². The number of rotatable bonds is 0. The van der Waals surface area contributed by atoms with E-state index in [2.05, 4.69) is 9.97 Å². The Morgan fingerprint density at radius 3 is 1.19 bits per heavy atom. The first-order valence-corrected chi connectivity index (χ1v) is 6.88. The number of nitrogens with zero attached hydrogens (tertiary/aromatic N) is 1. The van der Waals surface area contributed by atoms with E-state index in [1.54, 1.807) is 18.7 Å². The number of hydrogen-bond donors (Lipinski definition) is 3. The summed E-state index contributed by atoms with van der Waals surface area (Å²) in [5.41, 5.74) is -11.1. The summed E-state index contributed by atoms with van der Waals surface area (Å²) in [6, 6.07) is 0. The lowest BCUT2D eigenvalue weighted by Gasteiger charge is -1.97. The Labute approximate surface area is 113 Å². The summed E-state index contributed by atoms with van der Waals surface area (Å²) < 4.78 is 115. The van der Waals surface area contributed by atoms with Gasteiger partial charge in [-0.3, -0.25) is 9.11 Å². The molecule has 1 aromatic heterocycles. The lowest BCUT2D eigenvalue weighted by atomic mass is 11.0. The highest BCUT2D eigenvalue weighted by Crippen LogP contribution is 2.21. The molecule has 0 saturated carbocycles. The highest BCUT2D eigenvalue weighted by atomic mass is 32.2. The van der Waals surface area contributed by atoms with Gasteiger partial charge in [-0.15, -0.1) is 0 Å². The molecule has 0 atom stereocenters. The minimum atomic E-state index is -5.84. The monoisotopic (exact) mass is 368 g/mol. The van der Waals surface area contributed by atoms with Crippen molar-refractivity contribution in [3.8, 4) is 0 Å². The Kier molecular flexibility index (Phi) is 7.90. The maximum absolute atomic E-state index is 10.7. The largest absolute Gasteiger partial charge is 0.522 e. The topological polar surface area (TPSA) is 137 Å². The molecule has 0 saturated heterocycles. The van der Waals surface area contributed by atoms with Crippen molar-refractivity contribution < 1.29 is 52.3 Å². The van der Waals surface area contributed by atoms with Crippen LogP contribution in [0.3, 0.4) is 0 Å². The fraction of sp³-hybridized carbons (Fsp3) is 0.400. The van der Waals surface area contributed by atoms with Crippen molar-refractivity contribution >= 4 is 20.2 Å². The molecule has 1 heterocycles. The molecule has 0 radical (unpaired) electrons. The lowest BCUT2D eigenvalue weighted by molar-refractivity contribution is -0.0514. The number of nitrogens with one attached hydrogen (secondary N) is 1. The molecule has 3 N–H and O–H groups in total. The standard InChI is InChI=1S/C3H4N2.2CHF3O3S/c1-2-5-3-4-1;2*2-1(3,4)8(5,6)7/h1-3H,(H,4,5);2*(H,5,6,7). The third-order valence-electron chi connectivity index (χ3n) is 0.991. The van der Waals surface area contributed by atoms with Gasteiger partial charge >= 0.3 is 31.3 Å². The molecule has 0 amide bonds. The van der Waals surface area contributed by atoms with Crippen LogP contribution in [-0.4, -0.2) is 46.9 Å². The SMILES string of the molecule is O=S(=O)(O)C(F)(F)F.O=S(=O)(O)C(F)(F)F.c1c[nH]cn1. The normalized spacial score (nSPS) is 12.6. The van der Waals surface area contributed by atoms with Crippen LogP contribution in [0.4, 0.5) is 26.3 Å². The van der Waals surface area contributed by atoms with Gasteiger partial charge in [0.15, 0.2) is 0 Å². The predicted octanol–water partition coefficient (Wildman–Crippen LogP) is 1.20. The minimum absolute atomic E-state index is 1.62. The van der Waals surface area contributed by atoms with E-state index in [0.717, 1.165) is 0 Å². The molecule has 0 aliphatic heterocycles. The molecule has 0 aliphatic rings. The van der Waals surface area contributed by atoms with Gasteiger partial charge in [0.25, 0.3) is 0 Å². The van der Waals surface area contributed by atoms with Crippen LogP contribution in [0.5, 0.6) is 0 Å². The first kappa shape index (κ1) is 21.9. The van der Waals surface area contributed by atoms with E-state index in [-0.39, 0.29) is 0 Å². The van der Waals surface area contributed by atoms with E-state index in [0.29, 0.717) is 0 Å². The van der Waals surface area contributed by atoms with Crippen molar-refractivity contribution in [3.63, 3.8) is 0 Å². The molecule has 16 heteroatoms. The molecule has 0 fully saturated rings. The number of imidazole rings is 1. The average Bonchev–Trinajstić information content (AvgIpc) is 2.68. The minimum Gasteiger partial charge on any atom is -0.351 e. The maximum Gasteiger partial charge on any atom is 0.522 e.